The lowest BCUT2D eigenvalue weighted by atomic mass is 9.90. The minimum atomic E-state index is -4.02. The first kappa shape index (κ1) is 38.1. The molecule has 3 aliphatic rings. The highest BCUT2D eigenvalue weighted by Crippen LogP contribution is 2.29. The molecule has 280 valence electrons. The monoisotopic (exact) mass is 750 g/mol. The number of halogens is 1. The van der Waals surface area contributed by atoms with E-state index >= 15 is 0 Å². The number of sulfonamides is 1. The third-order valence-electron chi connectivity index (χ3n) is 10.1. The molecule has 2 heterocycles. The molecule has 0 N–H and O–H groups in total. The van der Waals surface area contributed by atoms with Crippen LogP contribution in [0, 0.1) is 5.92 Å². The van der Waals surface area contributed by atoms with Gasteiger partial charge >= 0.3 is 6.09 Å². The van der Waals surface area contributed by atoms with Gasteiger partial charge in [-0.3, -0.25) is 9.69 Å². The van der Waals surface area contributed by atoms with E-state index in [1.165, 1.54) is 36.4 Å². The number of piperazine rings is 2. The van der Waals surface area contributed by atoms with Gasteiger partial charge in [0.05, 0.1) is 11.5 Å². The molecule has 0 radical (unpaired) electrons. The normalized spacial score (nSPS) is 19.7. The van der Waals surface area contributed by atoms with E-state index in [2.05, 4.69) is 29.2 Å². The predicted molar refractivity (Wildman–Crippen MR) is 203 cm³/mol. The largest absolute Gasteiger partial charge is 0.493 e. The van der Waals surface area contributed by atoms with Crippen molar-refractivity contribution in [3.8, 4) is 16.9 Å². The van der Waals surface area contributed by atoms with E-state index in [-0.39, 0.29) is 23.9 Å². The van der Waals surface area contributed by atoms with Gasteiger partial charge in [-0.15, -0.1) is 0 Å². The summed E-state index contributed by atoms with van der Waals surface area (Å²) in [5, 5.41) is 0.687. The molecule has 3 fully saturated rings. The quantitative estimate of drug-likeness (QED) is 0.234. The molecule has 2 saturated heterocycles. The minimum Gasteiger partial charge on any atom is -0.493 e. The molecule has 1 saturated carbocycles. The maximum Gasteiger partial charge on any atom is 0.410 e. The lowest BCUT2D eigenvalue weighted by Crippen LogP contribution is -2.62. The Morgan fingerprint density at radius 3 is 1.98 bits per heavy atom. The van der Waals surface area contributed by atoms with Crippen LogP contribution in [-0.4, -0.2) is 103 Å². The van der Waals surface area contributed by atoms with E-state index in [0.29, 0.717) is 62.6 Å². The van der Waals surface area contributed by atoms with Gasteiger partial charge in [-0.1, -0.05) is 67.3 Å². The third kappa shape index (κ3) is 9.66. The van der Waals surface area contributed by atoms with Gasteiger partial charge in [0.1, 0.15) is 17.4 Å². The summed E-state index contributed by atoms with van der Waals surface area (Å²) in [6.45, 7) is 8.75. The number of carbonyl (C=O) groups is 2. The SMILES string of the molecule is CC(C)(C)OC(=O)N1CCN(C(=O)[C@@H]2CN(Cc3ccc(-c4ccc(Cl)cc4)cc3)CCN2S(=O)(=O)c2ccc(OCC3CCCCC3)cc2)CC1. The van der Waals surface area contributed by atoms with Crippen molar-refractivity contribution in [3.05, 3.63) is 83.4 Å². The Hall–Kier alpha value is -3.64. The maximum absolute atomic E-state index is 14.3. The summed E-state index contributed by atoms with van der Waals surface area (Å²) < 4.78 is 41.4. The highest BCUT2D eigenvalue weighted by atomic mass is 35.5. The van der Waals surface area contributed by atoms with Crippen LogP contribution in [0.25, 0.3) is 11.1 Å². The van der Waals surface area contributed by atoms with Crippen molar-refractivity contribution in [2.75, 3.05) is 52.4 Å². The zero-order chi connectivity index (χ0) is 36.9. The molecule has 1 atom stereocenters. The molecule has 3 aromatic rings. The van der Waals surface area contributed by atoms with Gasteiger partial charge in [0, 0.05) is 57.4 Å². The topological polar surface area (TPSA) is 99.7 Å². The van der Waals surface area contributed by atoms with Crippen molar-refractivity contribution in [1.29, 1.82) is 0 Å². The number of carbonyl (C=O) groups excluding carboxylic acids is 2. The molecule has 2 amide bonds. The van der Waals surface area contributed by atoms with Crippen LogP contribution in [0.1, 0.15) is 58.4 Å². The van der Waals surface area contributed by atoms with E-state index in [1.807, 2.05) is 45.0 Å². The fourth-order valence-corrected chi connectivity index (χ4v) is 8.91. The summed E-state index contributed by atoms with van der Waals surface area (Å²) in [7, 11) is -4.02. The van der Waals surface area contributed by atoms with Crippen molar-refractivity contribution in [3.63, 3.8) is 0 Å². The fourth-order valence-electron chi connectivity index (χ4n) is 7.22. The van der Waals surface area contributed by atoms with Crippen molar-refractivity contribution >= 4 is 33.6 Å². The van der Waals surface area contributed by atoms with Gasteiger partial charge in [-0.25, -0.2) is 13.2 Å². The summed E-state index contributed by atoms with van der Waals surface area (Å²) in [4.78, 5) is 32.6. The average molecular weight is 751 g/mol. The third-order valence-corrected chi connectivity index (χ3v) is 12.3. The molecule has 10 nitrogen and oxygen atoms in total. The van der Waals surface area contributed by atoms with Crippen molar-refractivity contribution in [1.82, 2.24) is 19.0 Å². The standard InChI is InChI=1S/C40H51ClN4O6S/c1-40(2,3)51-39(47)44-24-22-43(23-25-44)38(46)37-28-42(27-30-9-11-32(12-10-30)33-13-15-34(41)16-14-33)21-26-45(37)52(48,49)36-19-17-35(18-20-36)50-29-31-7-5-4-6-8-31/h9-20,31,37H,4-8,21-29H2,1-3H3/t37-/m0/s1. The molecular formula is C40H51ClN4O6S. The van der Waals surface area contributed by atoms with Crippen molar-refractivity contribution in [2.24, 2.45) is 5.92 Å². The first-order chi connectivity index (χ1) is 24.9. The molecule has 2 aliphatic heterocycles. The van der Waals surface area contributed by atoms with Crippen LogP contribution in [0.15, 0.2) is 77.7 Å². The lowest BCUT2D eigenvalue weighted by Gasteiger charge is -2.43. The fraction of sp³-hybridized carbons (Fsp3) is 0.500. The summed E-state index contributed by atoms with van der Waals surface area (Å²) in [6.07, 6.45) is 5.65. The Morgan fingerprint density at radius 1 is 0.769 bits per heavy atom. The van der Waals surface area contributed by atoms with Crippen molar-refractivity contribution < 1.29 is 27.5 Å². The second-order valence-corrected chi connectivity index (χ2v) is 17.5. The molecule has 0 unspecified atom stereocenters. The van der Waals surface area contributed by atoms with Gasteiger partial charge in [0.25, 0.3) is 0 Å². The lowest BCUT2D eigenvalue weighted by molar-refractivity contribution is -0.139. The Labute approximate surface area is 313 Å². The molecule has 12 heteroatoms. The second-order valence-electron chi connectivity index (χ2n) is 15.1. The zero-order valence-electron chi connectivity index (χ0n) is 30.5. The molecule has 0 spiro atoms. The molecule has 1 aliphatic carbocycles. The van der Waals surface area contributed by atoms with Gasteiger partial charge < -0.3 is 19.3 Å². The molecule has 0 bridgehead atoms. The summed E-state index contributed by atoms with van der Waals surface area (Å²) >= 11 is 6.07. The van der Waals surface area contributed by atoms with Gasteiger partial charge in [-0.2, -0.15) is 4.31 Å². The summed E-state index contributed by atoms with van der Waals surface area (Å²) in [5.41, 5.74) is 2.58. The number of hydrogen-bond acceptors (Lipinski definition) is 7. The Kier molecular flexibility index (Phi) is 12.1. The molecule has 52 heavy (non-hydrogen) atoms. The second kappa shape index (κ2) is 16.6. The Bertz CT molecular complexity index is 1770. The molecule has 3 aromatic carbocycles. The zero-order valence-corrected chi connectivity index (χ0v) is 32.1. The van der Waals surface area contributed by atoms with Crippen LogP contribution in [0.2, 0.25) is 5.02 Å². The van der Waals surface area contributed by atoms with Crippen LogP contribution in [0.5, 0.6) is 5.75 Å². The minimum absolute atomic E-state index is 0.135. The number of nitrogens with zero attached hydrogens (tertiary/aromatic N) is 4. The van der Waals surface area contributed by atoms with E-state index in [1.54, 1.807) is 34.1 Å². The van der Waals surface area contributed by atoms with Crippen LogP contribution >= 0.6 is 11.6 Å². The smallest absolute Gasteiger partial charge is 0.410 e. The van der Waals surface area contributed by atoms with Gasteiger partial charge in [-0.05, 0) is 92.6 Å². The number of ether oxygens (including phenoxy) is 2. The van der Waals surface area contributed by atoms with E-state index < -0.39 is 27.8 Å². The van der Waals surface area contributed by atoms with Crippen molar-refractivity contribution in [2.45, 2.75) is 76.0 Å². The van der Waals surface area contributed by atoms with Gasteiger partial charge in [0.2, 0.25) is 15.9 Å². The van der Waals surface area contributed by atoms with E-state index in [9.17, 15) is 18.0 Å². The number of benzene rings is 3. The highest BCUT2D eigenvalue weighted by molar-refractivity contribution is 7.89. The van der Waals surface area contributed by atoms with Crippen LogP contribution < -0.4 is 4.74 Å². The van der Waals surface area contributed by atoms with E-state index in [0.717, 1.165) is 16.7 Å². The Morgan fingerprint density at radius 2 is 1.37 bits per heavy atom. The van der Waals surface area contributed by atoms with Crippen LogP contribution in [-0.2, 0) is 26.1 Å². The van der Waals surface area contributed by atoms with Gasteiger partial charge in [0.15, 0.2) is 0 Å². The first-order valence-electron chi connectivity index (χ1n) is 18.4. The molecule has 0 aromatic heterocycles. The van der Waals surface area contributed by atoms with Crippen LogP contribution in [0.3, 0.4) is 0 Å². The first-order valence-corrected chi connectivity index (χ1v) is 20.3. The van der Waals surface area contributed by atoms with E-state index in [4.69, 9.17) is 21.1 Å². The number of rotatable bonds is 9. The summed E-state index contributed by atoms with van der Waals surface area (Å²) in [5.74, 6) is 0.919. The molecular weight excluding hydrogens is 700 g/mol. The summed E-state index contributed by atoms with van der Waals surface area (Å²) in [6, 6.07) is 21.6. The predicted octanol–water partition coefficient (Wildman–Crippen LogP) is 6.92. The number of amides is 2. The Balaban J connectivity index is 1.16. The molecule has 6 rings (SSSR count). The maximum atomic E-state index is 14.3. The highest BCUT2D eigenvalue weighted by Gasteiger charge is 2.42. The van der Waals surface area contributed by atoms with Crippen LogP contribution in [0.4, 0.5) is 4.79 Å². The number of hydrogen-bond donors (Lipinski definition) is 0. The average Bonchev–Trinajstić information content (AvgIpc) is 3.14.